The van der Waals surface area contributed by atoms with Gasteiger partial charge in [-0.3, -0.25) is 0 Å². The minimum absolute atomic E-state index is 0.814. The summed E-state index contributed by atoms with van der Waals surface area (Å²) >= 11 is 0. The molecule has 0 aromatic heterocycles. The summed E-state index contributed by atoms with van der Waals surface area (Å²) in [7, 11) is 5.87. The SMILES string of the molecule is COc1cc(P)cc(OC)c1. The Morgan fingerprint density at radius 3 is 1.82 bits per heavy atom. The average molecular weight is 170 g/mol. The van der Waals surface area contributed by atoms with Gasteiger partial charge in [0, 0.05) is 6.07 Å². The molecular formula is C8H11O2P. The Morgan fingerprint density at radius 1 is 1.00 bits per heavy atom. The van der Waals surface area contributed by atoms with Crippen molar-refractivity contribution in [3.63, 3.8) is 0 Å². The monoisotopic (exact) mass is 170 g/mol. The van der Waals surface area contributed by atoms with Crippen LogP contribution in [0.4, 0.5) is 0 Å². The summed E-state index contributed by atoms with van der Waals surface area (Å²) < 4.78 is 10.1. The Kier molecular flexibility index (Phi) is 2.72. The van der Waals surface area contributed by atoms with Crippen LogP contribution >= 0.6 is 9.24 Å². The molecule has 1 atom stereocenters. The average Bonchev–Trinajstić information content (AvgIpc) is 2.03. The molecule has 2 nitrogen and oxygen atoms in total. The molecule has 1 rings (SSSR count). The second kappa shape index (κ2) is 3.59. The van der Waals surface area contributed by atoms with Crippen molar-refractivity contribution in [3.8, 4) is 11.5 Å². The smallest absolute Gasteiger partial charge is 0.123 e. The lowest BCUT2D eigenvalue weighted by Gasteiger charge is -2.04. The predicted molar refractivity (Wildman–Crippen MR) is 48.9 cm³/mol. The Bertz CT molecular complexity index is 226. The van der Waals surface area contributed by atoms with Crippen molar-refractivity contribution < 1.29 is 9.47 Å². The van der Waals surface area contributed by atoms with Gasteiger partial charge in [-0.1, -0.05) is 0 Å². The van der Waals surface area contributed by atoms with Gasteiger partial charge >= 0.3 is 0 Å². The maximum atomic E-state index is 5.04. The van der Waals surface area contributed by atoms with Gasteiger partial charge in [-0.2, -0.15) is 0 Å². The third kappa shape index (κ3) is 2.09. The fraction of sp³-hybridized carbons (Fsp3) is 0.250. The summed E-state index contributed by atoms with van der Waals surface area (Å²) in [5, 5.41) is 1.06. The topological polar surface area (TPSA) is 18.5 Å². The third-order valence-electron chi connectivity index (χ3n) is 1.37. The highest BCUT2D eigenvalue weighted by molar-refractivity contribution is 7.27. The first-order chi connectivity index (χ1) is 5.26. The van der Waals surface area contributed by atoms with Crippen LogP contribution in [0.15, 0.2) is 18.2 Å². The zero-order valence-corrected chi connectivity index (χ0v) is 7.78. The van der Waals surface area contributed by atoms with Crippen LogP contribution in [0.2, 0.25) is 0 Å². The number of benzene rings is 1. The summed E-state index contributed by atoms with van der Waals surface area (Å²) in [5.74, 6) is 1.63. The van der Waals surface area contributed by atoms with E-state index in [0.29, 0.717) is 0 Å². The fourth-order valence-corrected chi connectivity index (χ4v) is 1.16. The quantitative estimate of drug-likeness (QED) is 0.621. The third-order valence-corrected chi connectivity index (χ3v) is 1.71. The second-order valence-corrected chi connectivity index (χ2v) is 2.81. The summed E-state index contributed by atoms with van der Waals surface area (Å²) in [6.07, 6.45) is 0. The van der Waals surface area contributed by atoms with E-state index >= 15 is 0 Å². The standard InChI is InChI=1S/C8H11O2P/c1-9-6-3-7(10-2)5-8(11)4-6/h3-5H,11H2,1-2H3. The van der Waals surface area contributed by atoms with Gasteiger partial charge in [0.15, 0.2) is 0 Å². The normalized spacial score (nSPS) is 9.36. The van der Waals surface area contributed by atoms with E-state index < -0.39 is 0 Å². The molecule has 1 aromatic carbocycles. The Hall–Kier alpha value is -0.750. The van der Waals surface area contributed by atoms with E-state index in [1.54, 1.807) is 14.2 Å². The van der Waals surface area contributed by atoms with Crippen molar-refractivity contribution >= 4 is 14.5 Å². The molecule has 0 saturated carbocycles. The molecular weight excluding hydrogens is 159 g/mol. The summed E-state index contributed by atoms with van der Waals surface area (Å²) in [4.78, 5) is 0. The molecule has 0 spiro atoms. The number of rotatable bonds is 2. The highest BCUT2D eigenvalue weighted by atomic mass is 31.0. The van der Waals surface area contributed by atoms with Gasteiger partial charge in [-0.05, 0) is 17.4 Å². The van der Waals surface area contributed by atoms with Crippen LogP contribution in [0.1, 0.15) is 0 Å². The number of hydrogen-bond donors (Lipinski definition) is 0. The van der Waals surface area contributed by atoms with Crippen molar-refractivity contribution in [3.05, 3.63) is 18.2 Å². The molecule has 0 radical (unpaired) electrons. The summed E-state index contributed by atoms with van der Waals surface area (Å²) in [5.41, 5.74) is 0. The maximum absolute atomic E-state index is 5.04. The molecule has 0 heterocycles. The van der Waals surface area contributed by atoms with Gasteiger partial charge in [-0.15, -0.1) is 9.24 Å². The molecule has 11 heavy (non-hydrogen) atoms. The molecule has 60 valence electrons. The van der Waals surface area contributed by atoms with Crippen LogP contribution in [0.25, 0.3) is 0 Å². The lowest BCUT2D eigenvalue weighted by Crippen LogP contribution is -1.94. The molecule has 3 heteroatoms. The van der Waals surface area contributed by atoms with Crippen LogP contribution in [0.5, 0.6) is 11.5 Å². The molecule has 0 bridgehead atoms. The van der Waals surface area contributed by atoms with Crippen LogP contribution < -0.4 is 14.8 Å². The molecule has 0 amide bonds. The van der Waals surface area contributed by atoms with Crippen molar-refractivity contribution in [1.29, 1.82) is 0 Å². The van der Waals surface area contributed by atoms with E-state index in [9.17, 15) is 0 Å². The van der Waals surface area contributed by atoms with Gasteiger partial charge in [-0.25, -0.2) is 0 Å². The lowest BCUT2D eigenvalue weighted by atomic mass is 10.3. The first-order valence-electron chi connectivity index (χ1n) is 3.25. The maximum Gasteiger partial charge on any atom is 0.123 e. The minimum atomic E-state index is 0.814. The summed E-state index contributed by atoms with van der Waals surface area (Å²) in [6, 6.07) is 5.69. The van der Waals surface area contributed by atoms with Crippen molar-refractivity contribution in [2.75, 3.05) is 14.2 Å². The van der Waals surface area contributed by atoms with Gasteiger partial charge in [0.1, 0.15) is 11.5 Å². The Balaban J connectivity index is 3.02. The van der Waals surface area contributed by atoms with Crippen LogP contribution in [0, 0.1) is 0 Å². The molecule has 0 aliphatic heterocycles. The van der Waals surface area contributed by atoms with Crippen LogP contribution in [-0.4, -0.2) is 14.2 Å². The molecule has 0 aliphatic carbocycles. The molecule has 0 aliphatic rings. The van der Waals surface area contributed by atoms with E-state index in [2.05, 4.69) is 9.24 Å². The Labute approximate surface area is 68.7 Å². The molecule has 0 saturated heterocycles. The number of methoxy groups -OCH3 is 2. The highest BCUT2D eigenvalue weighted by Gasteiger charge is 1.96. The number of hydrogen-bond acceptors (Lipinski definition) is 2. The van der Waals surface area contributed by atoms with E-state index in [4.69, 9.17) is 9.47 Å². The van der Waals surface area contributed by atoms with Crippen molar-refractivity contribution in [2.24, 2.45) is 0 Å². The zero-order valence-electron chi connectivity index (χ0n) is 6.63. The first-order valence-corrected chi connectivity index (χ1v) is 3.82. The fourth-order valence-electron chi connectivity index (χ4n) is 0.829. The second-order valence-electron chi connectivity index (χ2n) is 2.15. The van der Waals surface area contributed by atoms with Crippen molar-refractivity contribution in [2.45, 2.75) is 0 Å². The zero-order chi connectivity index (χ0) is 8.27. The van der Waals surface area contributed by atoms with Gasteiger partial charge in [0.25, 0.3) is 0 Å². The molecule has 1 aromatic rings. The van der Waals surface area contributed by atoms with Gasteiger partial charge < -0.3 is 9.47 Å². The van der Waals surface area contributed by atoms with Crippen molar-refractivity contribution in [1.82, 2.24) is 0 Å². The predicted octanol–water partition coefficient (Wildman–Crippen LogP) is 1.20. The van der Waals surface area contributed by atoms with Crippen LogP contribution in [0.3, 0.4) is 0 Å². The minimum Gasteiger partial charge on any atom is -0.497 e. The lowest BCUT2D eigenvalue weighted by molar-refractivity contribution is 0.395. The van der Waals surface area contributed by atoms with Gasteiger partial charge in [0.2, 0.25) is 0 Å². The van der Waals surface area contributed by atoms with E-state index in [0.717, 1.165) is 16.8 Å². The molecule has 1 unspecified atom stereocenters. The molecule has 0 N–H and O–H groups in total. The highest BCUT2D eigenvalue weighted by Crippen LogP contribution is 2.18. The van der Waals surface area contributed by atoms with E-state index in [-0.39, 0.29) is 0 Å². The first kappa shape index (κ1) is 8.35. The van der Waals surface area contributed by atoms with E-state index in [1.807, 2.05) is 18.2 Å². The largest absolute Gasteiger partial charge is 0.497 e. The summed E-state index contributed by atoms with van der Waals surface area (Å²) in [6.45, 7) is 0. The van der Waals surface area contributed by atoms with E-state index in [1.165, 1.54) is 0 Å². The Morgan fingerprint density at radius 2 is 1.45 bits per heavy atom. The number of ether oxygens (including phenoxy) is 2. The molecule has 0 fully saturated rings. The van der Waals surface area contributed by atoms with Crippen LogP contribution in [-0.2, 0) is 0 Å². The van der Waals surface area contributed by atoms with Gasteiger partial charge in [0.05, 0.1) is 14.2 Å².